The molecule has 1 unspecified atom stereocenters. The van der Waals surface area contributed by atoms with Gasteiger partial charge < -0.3 is 14.2 Å². The summed E-state index contributed by atoms with van der Waals surface area (Å²) in [5, 5.41) is 0. The Morgan fingerprint density at radius 3 is 2.82 bits per heavy atom. The van der Waals surface area contributed by atoms with Gasteiger partial charge in [-0.1, -0.05) is 0 Å². The van der Waals surface area contributed by atoms with E-state index < -0.39 is 0 Å². The maximum absolute atomic E-state index is 5.49. The van der Waals surface area contributed by atoms with Gasteiger partial charge in [-0.3, -0.25) is 0 Å². The average Bonchev–Trinajstić information content (AvgIpc) is 2.66. The van der Waals surface area contributed by atoms with E-state index in [1.807, 2.05) is 6.92 Å². The Morgan fingerprint density at radius 1 is 1.45 bits per heavy atom. The van der Waals surface area contributed by atoms with Crippen LogP contribution in [0.4, 0.5) is 0 Å². The normalized spacial score (nSPS) is 34.1. The molecule has 1 aliphatic heterocycles. The summed E-state index contributed by atoms with van der Waals surface area (Å²) < 4.78 is 16.4. The molecule has 1 heterocycles. The van der Waals surface area contributed by atoms with Crippen LogP contribution in [0.5, 0.6) is 0 Å². The van der Waals surface area contributed by atoms with Gasteiger partial charge in [-0.15, -0.1) is 0 Å². The van der Waals surface area contributed by atoms with Crippen LogP contribution >= 0.6 is 0 Å². The number of hydrogen-bond donors (Lipinski definition) is 0. The molecule has 1 spiro atoms. The lowest BCUT2D eigenvalue weighted by molar-refractivity contribution is -0.222. The maximum Gasteiger partial charge on any atom is 0.197 e. The van der Waals surface area contributed by atoms with Crippen molar-refractivity contribution >= 4 is 0 Å². The van der Waals surface area contributed by atoms with Gasteiger partial charge in [0.05, 0.1) is 13.2 Å². The molecule has 11 heavy (non-hydrogen) atoms. The highest BCUT2D eigenvalue weighted by Crippen LogP contribution is 2.45. The lowest BCUT2D eigenvalue weighted by atomic mass is 10.4. The highest BCUT2D eigenvalue weighted by atomic mass is 16.7. The van der Waals surface area contributed by atoms with Gasteiger partial charge in [-0.25, -0.2) is 0 Å². The second-order valence-corrected chi connectivity index (χ2v) is 3.01. The smallest absolute Gasteiger partial charge is 0.197 e. The monoisotopic (exact) mass is 158 g/mol. The van der Waals surface area contributed by atoms with Gasteiger partial charge in [0.15, 0.2) is 5.79 Å². The van der Waals surface area contributed by atoms with Crippen LogP contribution in [-0.4, -0.2) is 31.7 Å². The first-order chi connectivity index (χ1) is 5.37. The summed E-state index contributed by atoms with van der Waals surface area (Å²) in [5.41, 5.74) is 0. The number of ether oxygens (including phenoxy) is 3. The molecule has 0 radical (unpaired) electrons. The minimum Gasteiger partial charge on any atom is -0.373 e. The molecule has 1 saturated carbocycles. The zero-order valence-corrected chi connectivity index (χ0v) is 6.84. The van der Waals surface area contributed by atoms with E-state index in [4.69, 9.17) is 14.2 Å². The van der Waals surface area contributed by atoms with E-state index in [9.17, 15) is 0 Å². The van der Waals surface area contributed by atoms with E-state index in [-0.39, 0.29) is 11.9 Å². The fourth-order valence-corrected chi connectivity index (χ4v) is 1.48. The molecule has 64 valence electrons. The van der Waals surface area contributed by atoms with Gasteiger partial charge in [-0.05, 0) is 13.3 Å². The maximum atomic E-state index is 5.49. The lowest BCUT2D eigenvalue weighted by Crippen LogP contribution is -2.30. The molecule has 1 aliphatic carbocycles. The quantitative estimate of drug-likeness (QED) is 0.598. The zero-order chi connectivity index (χ0) is 7.73. The second-order valence-electron chi connectivity index (χ2n) is 3.01. The van der Waals surface area contributed by atoms with Crippen LogP contribution in [0.3, 0.4) is 0 Å². The molecule has 1 saturated heterocycles. The Bertz CT molecular complexity index is 140. The summed E-state index contributed by atoms with van der Waals surface area (Å²) in [6, 6.07) is 0. The Labute approximate surface area is 66.6 Å². The van der Waals surface area contributed by atoms with Gasteiger partial charge in [0.2, 0.25) is 0 Å². The molecule has 2 rings (SSSR count). The highest BCUT2D eigenvalue weighted by molar-refractivity contribution is 5.00. The van der Waals surface area contributed by atoms with E-state index in [2.05, 4.69) is 0 Å². The van der Waals surface area contributed by atoms with Gasteiger partial charge in [0.1, 0.15) is 6.10 Å². The summed E-state index contributed by atoms with van der Waals surface area (Å²) in [7, 11) is 0. The van der Waals surface area contributed by atoms with E-state index in [0.717, 1.165) is 32.7 Å². The molecule has 0 aromatic rings. The molecule has 3 nitrogen and oxygen atoms in total. The molecule has 0 bridgehead atoms. The third kappa shape index (κ3) is 1.28. The van der Waals surface area contributed by atoms with Crippen molar-refractivity contribution in [2.75, 3.05) is 19.8 Å². The van der Waals surface area contributed by atoms with Crippen molar-refractivity contribution < 1.29 is 14.2 Å². The molecule has 0 aromatic heterocycles. The first-order valence-corrected chi connectivity index (χ1v) is 4.27. The predicted octanol–water partition coefficient (Wildman–Crippen LogP) is 0.928. The summed E-state index contributed by atoms with van der Waals surface area (Å²) in [6.45, 7) is 4.39. The fourth-order valence-electron chi connectivity index (χ4n) is 1.48. The minimum absolute atomic E-state index is 0.202. The standard InChI is InChI=1S/C8H14O3/c1-2-9-7-6-8(7)10-4-3-5-11-8/h7H,2-6H2,1H3. The van der Waals surface area contributed by atoms with Crippen LogP contribution in [-0.2, 0) is 14.2 Å². The fraction of sp³-hybridized carbons (Fsp3) is 1.00. The zero-order valence-electron chi connectivity index (χ0n) is 6.84. The van der Waals surface area contributed by atoms with Crippen LogP contribution in [0.2, 0.25) is 0 Å². The van der Waals surface area contributed by atoms with Crippen molar-refractivity contribution in [2.24, 2.45) is 0 Å². The van der Waals surface area contributed by atoms with E-state index >= 15 is 0 Å². The van der Waals surface area contributed by atoms with Gasteiger partial charge in [0, 0.05) is 13.0 Å². The molecule has 0 N–H and O–H groups in total. The van der Waals surface area contributed by atoms with Crippen molar-refractivity contribution in [1.29, 1.82) is 0 Å². The topological polar surface area (TPSA) is 27.7 Å². The summed E-state index contributed by atoms with van der Waals surface area (Å²) in [5.74, 6) is -0.325. The Balaban J connectivity index is 1.84. The Morgan fingerprint density at radius 2 is 2.18 bits per heavy atom. The molecular weight excluding hydrogens is 144 g/mol. The SMILES string of the molecule is CCOC1CC12OCCCO2. The van der Waals surface area contributed by atoms with E-state index in [1.165, 1.54) is 0 Å². The van der Waals surface area contributed by atoms with Crippen LogP contribution in [0.25, 0.3) is 0 Å². The van der Waals surface area contributed by atoms with Gasteiger partial charge in [-0.2, -0.15) is 0 Å². The van der Waals surface area contributed by atoms with Crippen LogP contribution in [0.15, 0.2) is 0 Å². The third-order valence-electron chi connectivity index (χ3n) is 2.15. The average molecular weight is 158 g/mol. The molecule has 1 atom stereocenters. The first kappa shape index (κ1) is 7.53. The minimum atomic E-state index is -0.325. The van der Waals surface area contributed by atoms with Crippen molar-refractivity contribution in [2.45, 2.75) is 31.7 Å². The van der Waals surface area contributed by atoms with Crippen LogP contribution in [0.1, 0.15) is 19.8 Å². The molecule has 3 heteroatoms. The van der Waals surface area contributed by atoms with Crippen molar-refractivity contribution in [3.63, 3.8) is 0 Å². The van der Waals surface area contributed by atoms with Crippen LogP contribution < -0.4 is 0 Å². The number of rotatable bonds is 2. The van der Waals surface area contributed by atoms with Gasteiger partial charge >= 0.3 is 0 Å². The second kappa shape index (κ2) is 2.73. The van der Waals surface area contributed by atoms with E-state index in [1.54, 1.807) is 0 Å². The lowest BCUT2D eigenvalue weighted by Gasteiger charge is -2.23. The van der Waals surface area contributed by atoms with Crippen molar-refractivity contribution in [1.82, 2.24) is 0 Å². The van der Waals surface area contributed by atoms with E-state index in [0.29, 0.717) is 0 Å². The van der Waals surface area contributed by atoms with Crippen molar-refractivity contribution in [3.05, 3.63) is 0 Å². The molecule has 0 amide bonds. The summed E-state index contributed by atoms with van der Waals surface area (Å²) in [6.07, 6.45) is 2.13. The highest BCUT2D eigenvalue weighted by Gasteiger charge is 2.59. The largest absolute Gasteiger partial charge is 0.373 e. The first-order valence-electron chi connectivity index (χ1n) is 4.27. The Hall–Kier alpha value is -0.120. The van der Waals surface area contributed by atoms with Crippen molar-refractivity contribution in [3.8, 4) is 0 Å². The van der Waals surface area contributed by atoms with Crippen LogP contribution in [0, 0.1) is 0 Å². The molecular formula is C8H14O3. The Kier molecular flexibility index (Phi) is 1.87. The molecule has 2 aliphatic rings. The molecule has 2 fully saturated rings. The summed E-state index contributed by atoms with van der Waals surface area (Å²) in [4.78, 5) is 0. The molecule has 0 aromatic carbocycles. The summed E-state index contributed by atoms with van der Waals surface area (Å²) >= 11 is 0. The predicted molar refractivity (Wildman–Crippen MR) is 39.3 cm³/mol. The number of hydrogen-bond acceptors (Lipinski definition) is 3. The third-order valence-corrected chi connectivity index (χ3v) is 2.15. The van der Waals surface area contributed by atoms with Gasteiger partial charge in [0.25, 0.3) is 0 Å².